The number of nitrogens with one attached hydrogen (secondary N) is 1. The molecule has 0 unspecified atom stereocenters. The Balaban J connectivity index is 1.81. The first kappa shape index (κ1) is 17.3. The van der Waals surface area contributed by atoms with Gasteiger partial charge >= 0.3 is 0 Å². The minimum Gasteiger partial charge on any atom is -0.497 e. The zero-order valence-corrected chi connectivity index (χ0v) is 15.0. The number of methoxy groups -OCH3 is 1. The first-order chi connectivity index (χ1) is 12.0. The summed E-state index contributed by atoms with van der Waals surface area (Å²) in [5.74, 6) is 0.662. The van der Waals surface area contributed by atoms with Gasteiger partial charge in [-0.25, -0.2) is 8.42 Å². The normalized spacial score (nSPS) is 11.1. The maximum atomic E-state index is 12.5. The molecule has 0 radical (unpaired) electrons. The lowest BCUT2D eigenvalue weighted by molar-refractivity contribution is 0.415. The molecule has 0 fully saturated rings. The average Bonchev–Trinajstić information content (AvgIpc) is 2.63. The first-order valence-electron chi connectivity index (χ1n) is 7.51. The molecule has 128 valence electrons. The van der Waals surface area contributed by atoms with E-state index in [0.717, 1.165) is 11.1 Å². The Labute approximate surface area is 152 Å². The van der Waals surface area contributed by atoms with Crippen molar-refractivity contribution in [1.82, 2.24) is 0 Å². The molecule has 0 bridgehead atoms. The van der Waals surface area contributed by atoms with Gasteiger partial charge in [-0.3, -0.25) is 4.72 Å². The summed E-state index contributed by atoms with van der Waals surface area (Å²) in [5.41, 5.74) is 2.36. The predicted molar refractivity (Wildman–Crippen MR) is 101 cm³/mol. The molecular formula is C19H16ClNO3S. The first-order valence-corrected chi connectivity index (χ1v) is 9.37. The van der Waals surface area contributed by atoms with Crippen molar-refractivity contribution in [3.8, 4) is 16.9 Å². The fourth-order valence-corrected chi connectivity index (χ4v) is 3.53. The summed E-state index contributed by atoms with van der Waals surface area (Å²) in [5, 5.41) is 0.659. The van der Waals surface area contributed by atoms with Gasteiger partial charge in [0, 0.05) is 10.7 Å². The topological polar surface area (TPSA) is 55.4 Å². The summed E-state index contributed by atoms with van der Waals surface area (Å²) in [6.07, 6.45) is 0. The molecule has 4 nitrogen and oxygen atoms in total. The average molecular weight is 374 g/mol. The molecule has 1 N–H and O–H groups in total. The minimum absolute atomic E-state index is 0.195. The van der Waals surface area contributed by atoms with Gasteiger partial charge in [-0.2, -0.15) is 0 Å². The fraction of sp³-hybridized carbons (Fsp3) is 0.0526. The second kappa shape index (κ2) is 7.17. The summed E-state index contributed by atoms with van der Waals surface area (Å²) in [6.45, 7) is 0. The van der Waals surface area contributed by atoms with Gasteiger partial charge in [-0.1, -0.05) is 35.9 Å². The molecule has 0 saturated heterocycles. The van der Waals surface area contributed by atoms with Crippen LogP contribution in [0.25, 0.3) is 11.1 Å². The third-order valence-corrected chi connectivity index (χ3v) is 5.33. The molecule has 0 atom stereocenters. The molecule has 0 aliphatic heterocycles. The number of anilines is 1. The van der Waals surface area contributed by atoms with E-state index >= 15 is 0 Å². The van der Waals surface area contributed by atoms with Crippen molar-refractivity contribution in [2.75, 3.05) is 11.8 Å². The van der Waals surface area contributed by atoms with Crippen molar-refractivity contribution >= 4 is 27.3 Å². The molecule has 0 saturated carbocycles. The van der Waals surface area contributed by atoms with Crippen LogP contribution in [0.2, 0.25) is 5.02 Å². The third-order valence-electron chi connectivity index (χ3n) is 3.68. The maximum Gasteiger partial charge on any atom is 0.261 e. The summed E-state index contributed by atoms with van der Waals surface area (Å²) in [6, 6.07) is 20.8. The van der Waals surface area contributed by atoms with E-state index in [0.29, 0.717) is 16.5 Å². The molecule has 0 aromatic heterocycles. The van der Waals surface area contributed by atoms with Crippen LogP contribution in [-0.4, -0.2) is 15.5 Å². The van der Waals surface area contributed by atoms with Crippen molar-refractivity contribution in [3.63, 3.8) is 0 Å². The third kappa shape index (κ3) is 4.13. The van der Waals surface area contributed by atoms with Gasteiger partial charge in [-0.15, -0.1) is 0 Å². The van der Waals surface area contributed by atoms with Crippen LogP contribution in [0.15, 0.2) is 77.7 Å². The molecule has 3 aromatic carbocycles. The van der Waals surface area contributed by atoms with Crippen molar-refractivity contribution in [1.29, 1.82) is 0 Å². The monoisotopic (exact) mass is 373 g/mol. The van der Waals surface area contributed by atoms with Crippen molar-refractivity contribution in [2.24, 2.45) is 0 Å². The smallest absolute Gasteiger partial charge is 0.261 e. The highest BCUT2D eigenvalue weighted by atomic mass is 35.5. The van der Waals surface area contributed by atoms with E-state index in [9.17, 15) is 8.42 Å². The van der Waals surface area contributed by atoms with Gasteiger partial charge in [0.1, 0.15) is 5.75 Å². The zero-order chi connectivity index (χ0) is 17.9. The quantitative estimate of drug-likeness (QED) is 0.697. The van der Waals surface area contributed by atoms with Crippen LogP contribution in [0.4, 0.5) is 5.69 Å². The van der Waals surface area contributed by atoms with E-state index in [1.165, 1.54) is 0 Å². The number of hydrogen-bond donors (Lipinski definition) is 1. The van der Waals surface area contributed by atoms with E-state index in [4.69, 9.17) is 16.3 Å². The molecule has 6 heteroatoms. The predicted octanol–water partition coefficient (Wildman–Crippen LogP) is 4.82. The van der Waals surface area contributed by atoms with Crippen LogP contribution in [0.5, 0.6) is 5.75 Å². The van der Waals surface area contributed by atoms with E-state index in [1.54, 1.807) is 67.8 Å². The van der Waals surface area contributed by atoms with Gasteiger partial charge in [0.05, 0.1) is 12.0 Å². The molecule has 0 aliphatic rings. The second-order valence-electron chi connectivity index (χ2n) is 5.37. The van der Waals surface area contributed by atoms with Crippen molar-refractivity contribution in [2.45, 2.75) is 4.90 Å². The number of sulfonamides is 1. The van der Waals surface area contributed by atoms with Crippen LogP contribution in [0, 0.1) is 0 Å². The molecule has 0 amide bonds. The van der Waals surface area contributed by atoms with E-state index < -0.39 is 10.0 Å². The Bertz CT molecular complexity index is 951. The van der Waals surface area contributed by atoms with E-state index in [1.807, 2.05) is 12.1 Å². The fourth-order valence-electron chi connectivity index (χ4n) is 2.34. The Kier molecular flexibility index (Phi) is 4.97. The highest BCUT2D eigenvalue weighted by Crippen LogP contribution is 2.24. The summed E-state index contributed by atoms with van der Waals surface area (Å²) in [4.78, 5) is 0.195. The molecule has 0 spiro atoms. The lowest BCUT2D eigenvalue weighted by Crippen LogP contribution is -2.12. The Morgan fingerprint density at radius 2 is 1.32 bits per heavy atom. The molecule has 3 rings (SSSR count). The second-order valence-corrected chi connectivity index (χ2v) is 7.48. The number of benzene rings is 3. The highest BCUT2D eigenvalue weighted by Gasteiger charge is 2.14. The summed E-state index contributed by atoms with van der Waals surface area (Å²) < 4.78 is 32.6. The zero-order valence-electron chi connectivity index (χ0n) is 13.4. The Hall–Kier alpha value is -2.50. The Morgan fingerprint density at radius 1 is 0.800 bits per heavy atom. The standard InChI is InChI=1S/C19H16ClNO3S/c1-24-18-10-8-17(9-11-18)21-25(22,23)19-12-4-15(5-13-19)14-2-6-16(20)7-3-14/h2-13,21H,1H3. The Morgan fingerprint density at radius 3 is 1.84 bits per heavy atom. The van der Waals surface area contributed by atoms with Gasteiger partial charge in [0.15, 0.2) is 0 Å². The number of halogens is 1. The highest BCUT2D eigenvalue weighted by molar-refractivity contribution is 7.92. The number of ether oxygens (including phenoxy) is 1. The van der Waals surface area contributed by atoms with Crippen LogP contribution < -0.4 is 9.46 Å². The van der Waals surface area contributed by atoms with Gasteiger partial charge in [-0.05, 0) is 59.7 Å². The lowest BCUT2D eigenvalue weighted by Gasteiger charge is -2.09. The molecule has 0 heterocycles. The largest absolute Gasteiger partial charge is 0.497 e. The molecule has 3 aromatic rings. The van der Waals surface area contributed by atoms with Gasteiger partial charge in [0.2, 0.25) is 0 Å². The number of hydrogen-bond acceptors (Lipinski definition) is 3. The molecule has 25 heavy (non-hydrogen) atoms. The SMILES string of the molecule is COc1ccc(NS(=O)(=O)c2ccc(-c3ccc(Cl)cc3)cc2)cc1. The van der Waals surface area contributed by atoms with Gasteiger partial charge in [0.25, 0.3) is 10.0 Å². The van der Waals surface area contributed by atoms with Crippen LogP contribution >= 0.6 is 11.6 Å². The number of rotatable bonds is 5. The van der Waals surface area contributed by atoms with Crippen LogP contribution in [0.3, 0.4) is 0 Å². The lowest BCUT2D eigenvalue weighted by atomic mass is 10.1. The summed E-state index contributed by atoms with van der Waals surface area (Å²) >= 11 is 5.88. The van der Waals surface area contributed by atoms with Gasteiger partial charge < -0.3 is 4.74 Å². The van der Waals surface area contributed by atoms with E-state index in [2.05, 4.69) is 4.72 Å². The maximum absolute atomic E-state index is 12.5. The van der Waals surface area contributed by atoms with Crippen molar-refractivity contribution < 1.29 is 13.2 Å². The van der Waals surface area contributed by atoms with Crippen LogP contribution in [0.1, 0.15) is 0 Å². The van der Waals surface area contributed by atoms with Crippen LogP contribution in [-0.2, 0) is 10.0 Å². The summed E-state index contributed by atoms with van der Waals surface area (Å²) in [7, 11) is -2.09. The molecular weight excluding hydrogens is 358 g/mol. The molecule has 0 aliphatic carbocycles. The van der Waals surface area contributed by atoms with E-state index in [-0.39, 0.29) is 4.90 Å². The van der Waals surface area contributed by atoms with Crippen molar-refractivity contribution in [3.05, 3.63) is 77.8 Å². The minimum atomic E-state index is -3.65.